The fourth-order valence-corrected chi connectivity index (χ4v) is 6.68. The van der Waals surface area contributed by atoms with Crippen LogP contribution in [0.1, 0.15) is 62.4 Å². The standard InChI is InChI=1S/C23H26F6N6O5S/c1-21(2,3)35(41(38,39)33-20(36)37)8-6-14(7-9-35)19-31-18(32-40-19)12-34(13-22(24,25)26)16-5-4-15(11-30)17(10-16)23(27,28)29/h4-5,10,14,33H,6-9,12-13H2,1-3H3. The molecule has 1 aromatic carbocycles. The molecule has 0 unspecified atom stereocenters. The molecule has 1 fully saturated rings. The van der Waals surface area contributed by atoms with Gasteiger partial charge in [0.2, 0.25) is 5.89 Å². The Morgan fingerprint density at radius 2 is 1.80 bits per heavy atom. The molecular formula is C23H26F6N6O5S. The number of anilines is 1. The lowest BCUT2D eigenvalue weighted by Gasteiger charge is -2.49. The molecule has 0 bridgehead atoms. The Labute approximate surface area is 231 Å². The second-order valence-electron chi connectivity index (χ2n) is 10.5. The summed E-state index contributed by atoms with van der Waals surface area (Å²) in [4.78, 5) is 15.7. The maximum Gasteiger partial charge on any atom is 0.417 e. The summed E-state index contributed by atoms with van der Waals surface area (Å²) in [6.07, 6.45) is -11.5. The Bertz CT molecular complexity index is 1420. The number of nitrogens with zero attached hydrogens (tertiary/aromatic N) is 5. The minimum absolute atomic E-state index is 0.0141. The third-order valence-electron chi connectivity index (χ3n) is 6.90. The lowest BCUT2D eigenvalue weighted by molar-refractivity contribution is -0.862. The van der Waals surface area contributed by atoms with Crippen LogP contribution in [0, 0.1) is 11.3 Å². The minimum Gasteiger partial charge on any atom is -0.529 e. The first-order valence-electron chi connectivity index (χ1n) is 12.1. The number of alkyl halides is 6. The van der Waals surface area contributed by atoms with E-state index in [1.54, 1.807) is 20.8 Å². The molecule has 18 heteroatoms. The summed E-state index contributed by atoms with van der Waals surface area (Å²) in [6, 6.07) is 3.53. The number of amides is 1. The number of piperidine rings is 1. The Morgan fingerprint density at radius 3 is 2.29 bits per heavy atom. The quantitative estimate of drug-likeness (QED) is 0.367. The molecule has 2 heterocycles. The van der Waals surface area contributed by atoms with Crippen LogP contribution < -0.4 is 14.7 Å². The van der Waals surface area contributed by atoms with Crippen LogP contribution in [-0.4, -0.2) is 59.9 Å². The predicted molar refractivity (Wildman–Crippen MR) is 127 cm³/mol. The maximum absolute atomic E-state index is 13.4. The van der Waals surface area contributed by atoms with Gasteiger partial charge in [-0.1, -0.05) is 5.16 Å². The number of hydrogen-bond acceptors (Lipinski definition) is 9. The van der Waals surface area contributed by atoms with Crippen LogP contribution in [0.2, 0.25) is 0 Å². The van der Waals surface area contributed by atoms with Crippen LogP contribution in [0.4, 0.5) is 36.8 Å². The molecule has 3 rings (SSSR count). The normalized spacial score (nSPS) is 20.3. The van der Waals surface area contributed by atoms with Gasteiger partial charge >= 0.3 is 22.6 Å². The second kappa shape index (κ2) is 11.0. The number of likely N-dealkylation sites (tertiary alicyclic amines) is 1. The molecule has 1 aliphatic rings. The summed E-state index contributed by atoms with van der Waals surface area (Å²) in [5.41, 5.74) is -3.59. The first-order valence-corrected chi connectivity index (χ1v) is 13.5. The summed E-state index contributed by atoms with van der Waals surface area (Å²) in [5.74, 6) is -0.805. The molecule has 0 aliphatic carbocycles. The predicted octanol–water partition coefficient (Wildman–Crippen LogP) is 3.20. The van der Waals surface area contributed by atoms with Gasteiger partial charge in [0.25, 0.3) is 0 Å². The van der Waals surface area contributed by atoms with Crippen LogP contribution in [0.5, 0.6) is 0 Å². The summed E-state index contributed by atoms with van der Waals surface area (Å²) >= 11 is 0. The van der Waals surface area contributed by atoms with Crippen LogP contribution in [0.15, 0.2) is 22.7 Å². The van der Waals surface area contributed by atoms with Crippen LogP contribution in [0.3, 0.4) is 0 Å². The summed E-state index contributed by atoms with van der Waals surface area (Å²) in [6.45, 7) is 2.38. The minimum atomic E-state index is -4.99. The van der Waals surface area contributed by atoms with E-state index in [2.05, 4.69) is 10.1 Å². The lowest BCUT2D eigenvalue weighted by Crippen LogP contribution is -2.70. The van der Waals surface area contributed by atoms with Gasteiger partial charge in [0.05, 0.1) is 36.8 Å². The van der Waals surface area contributed by atoms with E-state index in [1.165, 1.54) is 10.8 Å². The Hall–Kier alpha value is -3.59. The smallest absolute Gasteiger partial charge is 0.417 e. The molecule has 1 aliphatic heterocycles. The van der Waals surface area contributed by atoms with E-state index in [0.29, 0.717) is 11.0 Å². The van der Waals surface area contributed by atoms with Crippen molar-refractivity contribution in [3.05, 3.63) is 41.0 Å². The molecule has 0 spiro atoms. The fourth-order valence-electron chi connectivity index (χ4n) is 4.88. The van der Waals surface area contributed by atoms with E-state index in [1.807, 2.05) is 0 Å². The molecule has 1 saturated heterocycles. The first kappa shape index (κ1) is 31.9. The number of nitriles is 1. The topological polar surface area (TPSA) is 152 Å². The zero-order chi connectivity index (χ0) is 31.0. The number of benzene rings is 1. The molecule has 0 radical (unpaired) electrons. The molecule has 0 saturated carbocycles. The van der Waals surface area contributed by atoms with Gasteiger partial charge in [0, 0.05) is 24.4 Å². The molecule has 1 N–H and O–H groups in total. The Morgan fingerprint density at radius 1 is 1.20 bits per heavy atom. The number of hydrogen-bond donors (Lipinski definition) is 1. The van der Waals surface area contributed by atoms with E-state index < -0.39 is 73.9 Å². The van der Waals surface area contributed by atoms with Crippen molar-refractivity contribution >= 4 is 22.0 Å². The van der Waals surface area contributed by atoms with E-state index in [9.17, 15) is 44.7 Å². The highest BCUT2D eigenvalue weighted by atomic mass is 32.2. The Kier molecular flexibility index (Phi) is 8.57. The molecule has 1 aromatic heterocycles. The highest BCUT2D eigenvalue weighted by Crippen LogP contribution is 2.39. The van der Waals surface area contributed by atoms with Gasteiger partial charge in [0.1, 0.15) is 12.1 Å². The SMILES string of the molecule is CC(C)(C)[N+]1(S(=O)(=O)NC(=O)[O-])CCC(c2nc(CN(CC(F)(F)F)c3ccc(C#N)c(C(F)(F)F)c3)no2)CC1. The Balaban J connectivity index is 1.86. The zero-order valence-electron chi connectivity index (χ0n) is 22.0. The average Bonchev–Trinajstić information content (AvgIpc) is 3.28. The molecule has 226 valence electrons. The monoisotopic (exact) mass is 612 g/mol. The molecule has 1 amide bonds. The van der Waals surface area contributed by atoms with E-state index in [4.69, 9.17) is 9.78 Å². The maximum atomic E-state index is 13.4. The van der Waals surface area contributed by atoms with Crippen molar-refractivity contribution in [2.45, 2.75) is 64.0 Å². The molecule has 11 nitrogen and oxygen atoms in total. The van der Waals surface area contributed by atoms with Gasteiger partial charge in [0.15, 0.2) is 11.9 Å². The third kappa shape index (κ3) is 7.01. The molecule has 41 heavy (non-hydrogen) atoms. The highest BCUT2D eigenvalue weighted by Gasteiger charge is 2.54. The second-order valence-corrected chi connectivity index (χ2v) is 12.4. The summed E-state index contributed by atoms with van der Waals surface area (Å²) in [5, 5.41) is 23.7. The number of quaternary nitrogens is 1. The van der Waals surface area contributed by atoms with Crippen molar-refractivity contribution in [3.8, 4) is 6.07 Å². The number of carbonyl (C=O) groups is 1. The van der Waals surface area contributed by atoms with E-state index in [-0.39, 0.29) is 37.6 Å². The molecule has 0 atom stereocenters. The van der Waals surface area contributed by atoms with Gasteiger partial charge in [-0.05, 0) is 39.0 Å². The molecular weight excluding hydrogens is 586 g/mol. The van der Waals surface area contributed by atoms with Crippen molar-refractivity contribution in [1.29, 1.82) is 5.26 Å². The fraction of sp³-hybridized carbons (Fsp3) is 0.565. The van der Waals surface area contributed by atoms with Crippen LogP contribution in [-0.2, 0) is 22.9 Å². The van der Waals surface area contributed by atoms with Crippen molar-refractivity contribution in [1.82, 2.24) is 14.9 Å². The largest absolute Gasteiger partial charge is 0.529 e. The highest BCUT2D eigenvalue weighted by molar-refractivity contribution is 7.84. The number of aromatic nitrogens is 2. The summed E-state index contributed by atoms with van der Waals surface area (Å²) in [7, 11) is -4.44. The number of carbonyl (C=O) groups excluding carboxylic acids is 1. The van der Waals surface area contributed by atoms with E-state index in [0.717, 1.165) is 12.1 Å². The number of nitrogens with one attached hydrogen (secondary N) is 1. The number of rotatable bonds is 7. The van der Waals surface area contributed by atoms with Gasteiger partial charge in [-0.2, -0.15) is 48.9 Å². The lowest BCUT2D eigenvalue weighted by atomic mass is 9.93. The van der Waals surface area contributed by atoms with Crippen molar-refractivity contribution in [2.75, 3.05) is 24.5 Å². The van der Waals surface area contributed by atoms with Gasteiger partial charge in [-0.25, -0.2) is 4.72 Å². The van der Waals surface area contributed by atoms with Gasteiger partial charge in [-0.15, -0.1) is 0 Å². The number of carboxylic acid groups (broad SMARTS) is 1. The van der Waals surface area contributed by atoms with Crippen LogP contribution >= 0.6 is 0 Å². The van der Waals surface area contributed by atoms with Crippen molar-refractivity contribution in [3.63, 3.8) is 0 Å². The molecule has 2 aromatic rings. The zero-order valence-corrected chi connectivity index (χ0v) is 22.8. The number of halogens is 6. The first-order chi connectivity index (χ1) is 18.7. The third-order valence-corrected chi connectivity index (χ3v) is 9.16. The van der Waals surface area contributed by atoms with Crippen molar-refractivity contribution < 1.29 is 53.1 Å². The average molecular weight is 613 g/mol. The van der Waals surface area contributed by atoms with Crippen LogP contribution in [0.25, 0.3) is 0 Å². The van der Waals surface area contributed by atoms with Crippen molar-refractivity contribution in [2.24, 2.45) is 0 Å². The van der Waals surface area contributed by atoms with Gasteiger partial charge in [-0.3, -0.25) is 0 Å². The summed E-state index contributed by atoms with van der Waals surface area (Å²) < 4.78 is 112. The van der Waals surface area contributed by atoms with E-state index >= 15 is 0 Å². The van der Waals surface area contributed by atoms with Gasteiger partial charge < -0.3 is 19.3 Å².